The van der Waals surface area contributed by atoms with E-state index in [0.29, 0.717) is 38.2 Å². The molecule has 0 aliphatic heterocycles. The number of aliphatic hydroxyl groups excluding tert-OH is 2. The summed E-state index contributed by atoms with van der Waals surface area (Å²) < 4.78 is 7.65. The Balaban J connectivity index is 1.09. The first kappa shape index (κ1) is 36.0. The van der Waals surface area contributed by atoms with Crippen LogP contribution in [-0.2, 0) is 17.6 Å². The molecule has 0 spiro atoms. The maximum Gasteiger partial charge on any atom is 0.410 e. The number of thiophene rings is 1. The molecule has 0 bridgehead atoms. The van der Waals surface area contributed by atoms with Crippen LogP contribution in [0.2, 0.25) is 5.28 Å². The van der Waals surface area contributed by atoms with Gasteiger partial charge in [-0.1, -0.05) is 60.7 Å². The predicted molar refractivity (Wildman–Crippen MR) is 200 cm³/mol. The van der Waals surface area contributed by atoms with Gasteiger partial charge in [0.1, 0.15) is 17.4 Å². The third kappa shape index (κ3) is 8.91. The Bertz CT molecular complexity index is 1860. The minimum absolute atomic E-state index is 0.134. The van der Waals surface area contributed by atoms with Crippen LogP contribution in [0.1, 0.15) is 56.3 Å². The Hall–Kier alpha value is -3.80. The molecule has 4 atom stereocenters. The topological polar surface area (TPSA) is 113 Å². The maximum atomic E-state index is 13.0. The fourth-order valence-electron chi connectivity index (χ4n) is 6.69. The van der Waals surface area contributed by atoms with Gasteiger partial charge in [-0.2, -0.15) is 4.98 Å². The number of carbonyl (C=O) groups is 1. The summed E-state index contributed by atoms with van der Waals surface area (Å²) in [5, 5.41) is 29.1. The van der Waals surface area contributed by atoms with Crippen molar-refractivity contribution < 1.29 is 19.7 Å². The quantitative estimate of drug-likeness (QED) is 0.0877. The zero-order chi connectivity index (χ0) is 35.3. The average molecular weight is 716 g/mol. The van der Waals surface area contributed by atoms with Gasteiger partial charge in [0.05, 0.1) is 12.1 Å². The number of ether oxygens (including phenoxy) is 1. The Morgan fingerprint density at radius 1 is 1.04 bits per heavy atom. The van der Waals surface area contributed by atoms with Crippen molar-refractivity contribution in [3.63, 3.8) is 0 Å². The minimum atomic E-state index is -0.975. The lowest BCUT2D eigenvalue weighted by molar-refractivity contribution is 0.00687. The molecule has 1 amide bonds. The normalized spacial score (nSPS) is 19.2. The van der Waals surface area contributed by atoms with Crippen LogP contribution in [0, 0.1) is 5.92 Å². The lowest BCUT2D eigenvalue weighted by Gasteiger charge is -2.27. The fraction of sp³-hybridized carbons (Fsp3) is 0.410. The van der Waals surface area contributed by atoms with E-state index in [1.165, 1.54) is 16.7 Å². The van der Waals surface area contributed by atoms with Gasteiger partial charge in [0.15, 0.2) is 0 Å². The fourth-order valence-corrected chi connectivity index (χ4v) is 7.76. The summed E-state index contributed by atoms with van der Waals surface area (Å²) in [7, 11) is 0. The average Bonchev–Trinajstić information content (AvgIpc) is 3.78. The number of carbonyl (C=O) groups excluding carboxylic acids is 1. The van der Waals surface area contributed by atoms with Crippen LogP contribution in [0.4, 0.5) is 4.79 Å². The van der Waals surface area contributed by atoms with Crippen molar-refractivity contribution in [3.05, 3.63) is 106 Å². The van der Waals surface area contributed by atoms with Crippen molar-refractivity contribution in [2.45, 2.75) is 70.3 Å². The van der Waals surface area contributed by atoms with Crippen molar-refractivity contribution in [2.24, 2.45) is 5.92 Å². The van der Waals surface area contributed by atoms with Crippen LogP contribution in [0.15, 0.2) is 84.5 Å². The number of hydrogen-bond donors (Lipinski definition) is 3. The molecular weight excluding hydrogens is 670 g/mol. The molecule has 11 heteroatoms. The molecular formula is C39H46ClN5O4S. The van der Waals surface area contributed by atoms with Crippen LogP contribution in [0.3, 0.4) is 0 Å². The number of rotatable bonds is 13. The van der Waals surface area contributed by atoms with E-state index in [-0.39, 0.29) is 23.3 Å². The van der Waals surface area contributed by atoms with E-state index < -0.39 is 17.8 Å². The predicted octanol–water partition coefficient (Wildman–Crippen LogP) is 7.15. The van der Waals surface area contributed by atoms with Crippen molar-refractivity contribution >= 4 is 40.1 Å². The summed E-state index contributed by atoms with van der Waals surface area (Å²) in [4.78, 5) is 24.7. The number of nitrogens with zero attached hydrogens (tertiary/aromatic N) is 4. The van der Waals surface area contributed by atoms with E-state index in [1.54, 1.807) is 22.4 Å². The summed E-state index contributed by atoms with van der Waals surface area (Å²) in [5.41, 5.74) is 4.68. The summed E-state index contributed by atoms with van der Waals surface area (Å²) in [6.45, 7) is 7.91. The Labute approximate surface area is 302 Å². The van der Waals surface area contributed by atoms with Gasteiger partial charge in [-0.3, -0.25) is 0 Å². The smallest absolute Gasteiger partial charge is 0.410 e. The first-order valence-electron chi connectivity index (χ1n) is 17.3. The third-order valence-corrected chi connectivity index (χ3v) is 10.4. The maximum absolute atomic E-state index is 13.0. The molecule has 2 aromatic carbocycles. The van der Waals surface area contributed by atoms with Crippen molar-refractivity contribution in [2.75, 3.05) is 26.2 Å². The van der Waals surface area contributed by atoms with Gasteiger partial charge < -0.3 is 29.7 Å². The molecule has 1 saturated carbocycles. The second-order valence-electron chi connectivity index (χ2n) is 14.1. The second-order valence-corrected chi connectivity index (χ2v) is 15.4. The van der Waals surface area contributed by atoms with E-state index in [0.717, 1.165) is 35.1 Å². The highest BCUT2D eigenvalue weighted by atomic mass is 35.5. The van der Waals surface area contributed by atoms with E-state index in [1.807, 2.05) is 55.8 Å². The Morgan fingerprint density at radius 2 is 1.76 bits per heavy atom. The number of nitrogens with one attached hydrogen (secondary N) is 1. The van der Waals surface area contributed by atoms with E-state index in [9.17, 15) is 15.0 Å². The first-order valence-corrected chi connectivity index (χ1v) is 18.5. The number of aliphatic hydroxyl groups is 2. The molecule has 264 valence electrons. The van der Waals surface area contributed by atoms with Crippen LogP contribution >= 0.6 is 22.9 Å². The Morgan fingerprint density at radius 3 is 2.48 bits per heavy atom. The van der Waals surface area contributed by atoms with E-state index >= 15 is 0 Å². The molecule has 1 aliphatic rings. The largest absolute Gasteiger partial charge is 0.444 e. The second kappa shape index (κ2) is 16.0. The van der Waals surface area contributed by atoms with Gasteiger partial charge in [-0.15, -0.1) is 11.3 Å². The molecule has 5 aromatic rings. The summed E-state index contributed by atoms with van der Waals surface area (Å²) >= 11 is 7.94. The van der Waals surface area contributed by atoms with Gasteiger partial charge in [0, 0.05) is 53.8 Å². The van der Waals surface area contributed by atoms with Gasteiger partial charge in [0.25, 0.3) is 0 Å². The molecule has 0 unspecified atom stereocenters. The SMILES string of the molecule is CC(C)(C)OC(=O)N(CCCNC[C@H]1C[C@@H](n2cc(-c3cc(Cc4ccccc4)cs3)c3cnc(Cl)nc32)[C@H](O)[C@@H]1O)CCc1ccccc1. The summed E-state index contributed by atoms with van der Waals surface area (Å²) in [6, 6.07) is 22.3. The van der Waals surface area contributed by atoms with Gasteiger partial charge in [0.2, 0.25) is 5.28 Å². The standard InChI is InChI=1S/C39H46ClN5O4S/c1-39(2,3)49-38(48)44(18-15-26-11-6-4-7-12-26)17-10-16-41-22-29-21-32(35(47)34(29)46)45-24-31(30-23-42-37(40)43-36(30)45)33-20-28(25-50-33)19-27-13-8-5-9-14-27/h4-9,11-14,20,23-25,29,32,34-35,41,46-47H,10,15-19,21-22H2,1-3H3/t29-,32-,34-,35+/m1/s1. The molecule has 3 heterocycles. The first-order chi connectivity index (χ1) is 24.1. The van der Waals surface area contributed by atoms with Crippen LogP contribution < -0.4 is 5.32 Å². The molecule has 0 radical (unpaired) electrons. The van der Waals surface area contributed by atoms with Gasteiger partial charge in [-0.05, 0) is 92.7 Å². The molecule has 3 aromatic heterocycles. The lowest BCUT2D eigenvalue weighted by Crippen LogP contribution is -2.40. The lowest BCUT2D eigenvalue weighted by atomic mass is 10.1. The molecule has 1 fully saturated rings. The highest BCUT2D eigenvalue weighted by molar-refractivity contribution is 7.13. The van der Waals surface area contributed by atoms with E-state index in [2.05, 4.69) is 63.1 Å². The van der Waals surface area contributed by atoms with Gasteiger partial charge in [-0.25, -0.2) is 9.78 Å². The van der Waals surface area contributed by atoms with Crippen molar-refractivity contribution in [1.82, 2.24) is 24.8 Å². The van der Waals surface area contributed by atoms with Crippen LogP contribution in [0.5, 0.6) is 0 Å². The van der Waals surface area contributed by atoms with E-state index in [4.69, 9.17) is 16.3 Å². The highest BCUT2D eigenvalue weighted by Crippen LogP contribution is 2.41. The molecule has 6 rings (SSSR count). The Kier molecular flexibility index (Phi) is 11.6. The molecule has 1 aliphatic carbocycles. The zero-order valence-electron chi connectivity index (χ0n) is 28.8. The van der Waals surface area contributed by atoms with Crippen LogP contribution in [-0.4, -0.2) is 79.7 Å². The number of benzene rings is 2. The highest BCUT2D eigenvalue weighted by Gasteiger charge is 2.43. The van der Waals surface area contributed by atoms with Crippen molar-refractivity contribution in [3.8, 4) is 10.4 Å². The minimum Gasteiger partial charge on any atom is -0.444 e. The molecule has 0 saturated heterocycles. The zero-order valence-corrected chi connectivity index (χ0v) is 30.4. The monoisotopic (exact) mass is 715 g/mol. The number of fused-ring (bicyclic) bond motifs is 1. The van der Waals surface area contributed by atoms with Crippen molar-refractivity contribution in [1.29, 1.82) is 0 Å². The summed E-state index contributed by atoms with van der Waals surface area (Å²) in [6.07, 6.45) is 4.42. The van der Waals surface area contributed by atoms with Gasteiger partial charge >= 0.3 is 6.09 Å². The number of halogens is 1. The molecule has 9 nitrogen and oxygen atoms in total. The summed E-state index contributed by atoms with van der Waals surface area (Å²) in [5.74, 6) is -0.174. The molecule has 3 N–H and O–H groups in total. The molecule has 50 heavy (non-hydrogen) atoms. The number of hydrogen-bond acceptors (Lipinski definition) is 8. The number of amides is 1. The van der Waals surface area contributed by atoms with Crippen LogP contribution in [0.25, 0.3) is 21.5 Å². The third-order valence-electron chi connectivity index (χ3n) is 9.19. The number of aromatic nitrogens is 3.